The van der Waals surface area contributed by atoms with E-state index in [1.54, 1.807) is 6.07 Å². The second kappa shape index (κ2) is 3.80. The molecule has 0 aromatic heterocycles. The number of phenols is 1. The van der Waals surface area contributed by atoms with Crippen LogP contribution in [0, 0.1) is 5.92 Å². The molecule has 0 unspecified atom stereocenters. The van der Waals surface area contributed by atoms with Crippen molar-refractivity contribution in [2.24, 2.45) is 5.92 Å². The molecule has 22 heavy (non-hydrogen) atoms. The fraction of sp³-hybridized carbons (Fsp3) is 0.667. The predicted octanol–water partition coefficient (Wildman–Crippen LogP) is 1.57. The number of quaternary nitrogens is 1. The van der Waals surface area contributed by atoms with Gasteiger partial charge >= 0.3 is 0 Å². The average molecular weight is 302 g/mol. The molecule has 1 aromatic carbocycles. The Morgan fingerprint density at radius 3 is 2.91 bits per heavy atom. The number of nitrogens with zero attached hydrogens (tertiary/aromatic N) is 1. The van der Waals surface area contributed by atoms with Gasteiger partial charge in [0, 0.05) is 24.3 Å². The maximum Gasteiger partial charge on any atom is 0.165 e. The van der Waals surface area contributed by atoms with Gasteiger partial charge < -0.3 is 19.4 Å². The summed E-state index contributed by atoms with van der Waals surface area (Å²) in [6.45, 7) is 1.11. The monoisotopic (exact) mass is 302 g/mol. The highest BCUT2D eigenvalue weighted by atomic mass is 16.5. The van der Waals surface area contributed by atoms with Crippen molar-refractivity contribution in [3.05, 3.63) is 23.3 Å². The number of hydrogen-bond acceptors (Lipinski definition) is 3. The van der Waals surface area contributed by atoms with Crippen molar-refractivity contribution in [3.63, 3.8) is 0 Å². The Morgan fingerprint density at radius 2 is 2.09 bits per heavy atom. The molecule has 1 saturated heterocycles. The minimum absolute atomic E-state index is 0.0717. The average Bonchev–Trinajstić information content (AvgIpc) is 2.84. The third-order valence-corrected chi connectivity index (χ3v) is 7.12. The van der Waals surface area contributed by atoms with Gasteiger partial charge in [-0.25, -0.2) is 0 Å². The maximum atomic E-state index is 10.6. The van der Waals surface area contributed by atoms with Crippen molar-refractivity contribution in [2.75, 3.05) is 20.6 Å². The fourth-order valence-corrected chi connectivity index (χ4v) is 6.09. The third kappa shape index (κ3) is 1.29. The van der Waals surface area contributed by atoms with Gasteiger partial charge in [0.15, 0.2) is 11.5 Å². The zero-order valence-electron chi connectivity index (χ0n) is 13.2. The second-order valence-electron chi connectivity index (χ2n) is 8.30. The molecule has 1 spiro atoms. The SMILES string of the molecule is C[N+]1(C)CC[C@]23c4c5ccc(O)c4O[C@@H]2[C@H](O)CC[C@H]3[C@H]1C5. The molecule has 0 amide bonds. The molecule has 2 heterocycles. The van der Waals surface area contributed by atoms with Gasteiger partial charge in [-0.2, -0.15) is 0 Å². The van der Waals surface area contributed by atoms with E-state index in [1.165, 1.54) is 11.1 Å². The Labute approximate surface area is 130 Å². The number of aliphatic hydroxyl groups excluding tert-OH is 1. The van der Waals surface area contributed by atoms with Crippen molar-refractivity contribution in [1.82, 2.24) is 0 Å². The first-order chi connectivity index (χ1) is 10.4. The highest BCUT2D eigenvalue weighted by Crippen LogP contribution is 2.64. The van der Waals surface area contributed by atoms with Crippen LogP contribution in [-0.4, -0.2) is 53.6 Å². The highest BCUT2D eigenvalue weighted by molar-refractivity contribution is 5.60. The second-order valence-corrected chi connectivity index (χ2v) is 8.30. The normalized spacial score (nSPS) is 43.4. The lowest BCUT2D eigenvalue weighted by Gasteiger charge is -2.60. The van der Waals surface area contributed by atoms with E-state index in [4.69, 9.17) is 4.74 Å². The van der Waals surface area contributed by atoms with Gasteiger partial charge in [-0.3, -0.25) is 0 Å². The van der Waals surface area contributed by atoms with Crippen LogP contribution in [0.15, 0.2) is 12.1 Å². The molecule has 1 saturated carbocycles. The van der Waals surface area contributed by atoms with E-state index in [0.29, 0.717) is 17.7 Å². The summed E-state index contributed by atoms with van der Waals surface area (Å²) in [7, 11) is 4.69. The number of aromatic hydroxyl groups is 1. The van der Waals surface area contributed by atoms with Crippen LogP contribution < -0.4 is 4.74 Å². The van der Waals surface area contributed by atoms with Gasteiger partial charge in [-0.1, -0.05) is 6.07 Å². The molecule has 2 fully saturated rings. The minimum atomic E-state index is -0.414. The summed E-state index contributed by atoms with van der Waals surface area (Å²) in [5.41, 5.74) is 2.49. The third-order valence-electron chi connectivity index (χ3n) is 7.12. The Hall–Kier alpha value is -1.26. The lowest BCUT2D eigenvalue weighted by molar-refractivity contribution is -0.927. The van der Waals surface area contributed by atoms with E-state index >= 15 is 0 Å². The zero-order chi connectivity index (χ0) is 15.3. The van der Waals surface area contributed by atoms with E-state index < -0.39 is 6.10 Å². The van der Waals surface area contributed by atoms with Gasteiger partial charge in [-0.05, 0) is 24.5 Å². The number of benzene rings is 1. The standard InChI is InChI=1S/C18H23NO3/c1-19(2)8-7-18-11-4-6-14(21)17(18)22-16-13(20)5-3-10(15(16)18)9-12(11)19/h3,5,11-12,14,17,21H,4,6-9H2,1-2H3/p+1/t11-,12+,14+,17+,18-/m0/s1. The van der Waals surface area contributed by atoms with Gasteiger partial charge in [0.1, 0.15) is 6.10 Å². The minimum Gasteiger partial charge on any atom is -0.504 e. The van der Waals surface area contributed by atoms with Crippen molar-refractivity contribution < 1.29 is 19.4 Å². The van der Waals surface area contributed by atoms with Crippen molar-refractivity contribution in [1.29, 1.82) is 0 Å². The Bertz CT molecular complexity index is 671. The van der Waals surface area contributed by atoms with Gasteiger partial charge in [0.05, 0.1) is 38.2 Å². The molecule has 2 bridgehead atoms. The summed E-state index contributed by atoms with van der Waals surface area (Å²) in [6.07, 6.45) is 3.42. The molecule has 4 heteroatoms. The Kier molecular flexibility index (Phi) is 2.28. The number of hydrogen-bond donors (Lipinski definition) is 2. The largest absolute Gasteiger partial charge is 0.504 e. The first kappa shape index (κ1) is 13.2. The quantitative estimate of drug-likeness (QED) is 0.715. The van der Waals surface area contributed by atoms with Crippen LogP contribution in [0.25, 0.3) is 0 Å². The van der Waals surface area contributed by atoms with Gasteiger partial charge in [-0.15, -0.1) is 0 Å². The molecule has 2 aliphatic heterocycles. The van der Waals surface area contributed by atoms with Crippen LogP contribution in [0.2, 0.25) is 0 Å². The Balaban J connectivity index is 1.81. The highest BCUT2D eigenvalue weighted by Gasteiger charge is 2.68. The summed E-state index contributed by atoms with van der Waals surface area (Å²) in [4.78, 5) is 0. The van der Waals surface area contributed by atoms with E-state index in [0.717, 1.165) is 36.7 Å². The van der Waals surface area contributed by atoms with Crippen LogP contribution in [0.4, 0.5) is 0 Å². The number of phenolic OH excluding ortho intramolecular Hbond substituents is 1. The molecule has 5 rings (SSSR count). The van der Waals surface area contributed by atoms with Crippen molar-refractivity contribution >= 4 is 0 Å². The van der Waals surface area contributed by atoms with Gasteiger partial charge in [0.2, 0.25) is 0 Å². The molecule has 4 nitrogen and oxygen atoms in total. The summed E-state index contributed by atoms with van der Waals surface area (Å²) in [5, 5.41) is 20.9. The zero-order valence-corrected chi connectivity index (χ0v) is 13.2. The molecule has 2 N–H and O–H groups in total. The summed E-state index contributed by atoms with van der Waals surface area (Å²) in [6, 6.07) is 4.44. The maximum absolute atomic E-state index is 10.6. The topological polar surface area (TPSA) is 49.7 Å². The molecule has 5 atom stereocenters. The molecule has 118 valence electrons. The number of likely N-dealkylation sites (N-methyl/N-ethyl adjacent to an activating group) is 1. The van der Waals surface area contributed by atoms with E-state index in [-0.39, 0.29) is 17.3 Å². The van der Waals surface area contributed by atoms with Crippen LogP contribution in [0.3, 0.4) is 0 Å². The molecule has 2 aliphatic carbocycles. The van der Waals surface area contributed by atoms with E-state index in [1.807, 2.05) is 0 Å². The summed E-state index contributed by atoms with van der Waals surface area (Å²) >= 11 is 0. The van der Waals surface area contributed by atoms with Crippen LogP contribution in [0.1, 0.15) is 30.4 Å². The number of aliphatic hydroxyl groups is 1. The molecule has 1 aromatic rings. The number of likely N-dealkylation sites (tertiary alicyclic amines) is 1. The van der Waals surface area contributed by atoms with Crippen LogP contribution in [0.5, 0.6) is 11.5 Å². The van der Waals surface area contributed by atoms with Gasteiger partial charge in [0.25, 0.3) is 0 Å². The van der Waals surface area contributed by atoms with Crippen LogP contribution >= 0.6 is 0 Å². The summed E-state index contributed by atoms with van der Waals surface area (Å²) in [5.74, 6) is 1.46. The van der Waals surface area contributed by atoms with Crippen molar-refractivity contribution in [2.45, 2.75) is 49.3 Å². The Morgan fingerprint density at radius 1 is 1.27 bits per heavy atom. The van der Waals surface area contributed by atoms with Crippen LogP contribution in [-0.2, 0) is 11.8 Å². The van der Waals surface area contributed by atoms with Crippen molar-refractivity contribution in [3.8, 4) is 11.5 Å². The smallest absolute Gasteiger partial charge is 0.165 e. The molecule has 4 aliphatic rings. The first-order valence-electron chi connectivity index (χ1n) is 8.48. The summed E-state index contributed by atoms with van der Waals surface area (Å²) < 4.78 is 7.24. The number of ether oxygens (including phenoxy) is 1. The first-order valence-corrected chi connectivity index (χ1v) is 8.48. The molecular weight excluding hydrogens is 278 g/mol. The van der Waals surface area contributed by atoms with E-state index in [2.05, 4.69) is 20.2 Å². The van der Waals surface area contributed by atoms with E-state index in [9.17, 15) is 10.2 Å². The predicted molar refractivity (Wildman–Crippen MR) is 82.0 cm³/mol. The molecular formula is C18H24NO3+. The lowest BCUT2D eigenvalue weighted by atomic mass is 9.51. The lowest BCUT2D eigenvalue weighted by Crippen LogP contribution is -2.71. The molecule has 0 radical (unpaired) electrons. The number of rotatable bonds is 0. The fourth-order valence-electron chi connectivity index (χ4n) is 6.09. The number of piperidine rings is 1.